The molecule has 0 unspecified atom stereocenters. The lowest BCUT2D eigenvalue weighted by Gasteiger charge is -2.22. The number of aromatic nitrogens is 2. The molecule has 3 aromatic rings. The first-order valence-electron chi connectivity index (χ1n) is 14.9. The highest BCUT2D eigenvalue weighted by Gasteiger charge is 2.48. The Hall–Kier alpha value is -3.98. The molecule has 3 heterocycles. The highest BCUT2D eigenvalue weighted by molar-refractivity contribution is 6.03. The van der Waals surface area contributed by atoms with Crippen LogP contribution in [0.1, 0.15) is 65.3 Å². The molecule has 0 bridgehead atoms. The molecule has 0 radical (unpaired) electrons. The Morgan fingerprint density at radius 2 is 1.81 bits per heavy atom. The molecule has 1 aliphatic heterocycles. The Kier molecular flexibility index (Phi) is 8.50. The number of anilines is 2. The topological polar surface area (TPSA) is 110 Å². The number of rotatable bonds is 8. The number of hydrogen-bond donors (Lipinski definition) is 3. The van der Waals surface area contributed by atoms with Gasteiger partial charge in [0.1, 0.15) is 5.82 Å². The van der Waals surface area contributed by atoms with Gasteiger partial charge in [-0.2, -0.15) is 0 Å². The largest absolute Gasteiger partial charge is 0.355 e. The molecular weight excluding hydrogens is 528 g/mol. The first kappa shape index (κ1) is 29.5. The van der Waals surface area contributed by atoms with Crippen LogP contribution in [0.5, 0.6) is 0 Å². The minimum Gasteiger partial charge on any atom is -0.355 e. The van der Waals surface area contributed by atoms with Crippen LogP contribution in [0.2, 0.25) is 0 Å². The summed E-state index contributed by atoms with van der Waals surface area (Å²) < 4.78 is 0. The van der Waals surface area contributed by atoms with E-state index in [9.17, 15) is 14.4 Å². The highest BCUT2D eigenvalue weighted by atomic mass is 16.2. The summed E-state index contributed by atoms with van der Waals surface area (Å²) in [7, 11) is 2.15. The predicted octanol–water partition coefficient (Wildman–Crippen LogP) is 4.56. The van der Waals surface area contributed by atoms with E-state index < -0.39 is 0 Å². The first-order valence-corrected chi connectivity index (χ1v) is 14.9. The van der Waals surface area contributed by atoms with Gasteiger partial charge in [0, 0.05) is 65.9 Å². The third-order valence-electron chi connectivity index (χ3n) is 8.96. The van der Waals surface area contributed by atoms with Gasteiger partial charge in [0.15, 0.2) is 0 Å². The fourth-order valence-electron chi connectivity index (χ4n) is 5.78. The van der Waals surface area contributed by atoms with Crippen LogP contribution in [0.4, 0.5) is 11.5 Å². The maximum Gasteiger partial charge on any atom is 0.253 e. The van der Waals surface area contributed by atoms with Gasteiger partial charge in [-0.15, -0.1) is 0 Å². The van der Waals surface area contributed by atoms with E-state index in [0.717, 1.165) is 80.1 Å². The number of hydrogen-bond acceptors (Lipinski definition) is 6. The minimum atomic E-state index is -0.320. The molecule has 2 fully saturated rings. The third-order valence-corrected chi connectivity index (χ3v) is 8.96. The number of nitrogens with zero attached hydrogens (tertiary/aromatic N) is 3. The summed E-state index contributed by atoms with van der Waals surface area (Å²) in [6, 6.07) is 9.73. The molecule has 42 heavy (non-hydrogen) atoms. The zero-order valence-electron chi connectivity index (χ0n) is 25.4. The lowest BCUT2D eigenvalue weighted by molar-refractivity contribution is -0.121. The summed E-state index contributed by atoms with van der Waals surface area (Å²) >= 11 is 0. The Morgan fingerprint density at radius 3 is 2.48 bits per heavy atom. The van der Waals surface area contributed by atoms with E-state index in [1.807, 2.05) is 64.2 Å². The summed E-state index contributed by atoms with van der Waals surface area (Å²) in [6.45, 7) is 11.7. The number of carbonyl (C=O) groups excluding carboxylic acids is 2. The van der Waals surface area contributed by atoms with E-state index in [0.29, 0.717) is 22.4 Å². The molecule has 1 saturated carbocycles. The van der Waals surface area contributed by atoms with Crippen LogP contribution in [-0.4, -0.2) is 59.9 Å². The molecule has 9 heteroatoms. The number of benzene rings is 1. The summed E-state index contributed by atoms with van der Waals surface area (Å²) in [4.78, 5) is 51.6. The summed E-state index contributed by atoms with van der Waals surface area (Å²) in [5.41, 5.74) is 5.00. The summed E-state index contributed by atoms with van der Waals surface area (Å²) in [5, 5.41) is 6.07. The van der Waals surface area contributed by atoms with E-state index in [4.69, 9.17) is 4.98 Å². The summed E-state index contributed by atoms with van der Waals surface area (Å²) in [6.07, 6.45) is 5.47. The molecule has 222 valence electrons. The minimum absolute atomic E-state index is 0.00183. The molecule has 5 rings (SSSR count). The molecule has 2 aromatic heterocycles. The van der Waals surface area contributed by atoms with Crippen LogP contribution in [0, 0.1) is 26.2 Å². The number of likely N-dealkylation sites (N-methyl/N-ethyl adjacent to an activating group) is 1. The van der Waals surface area contributed by atoms with Gasteiger partial charge in [-0.3, -0.25) is 14.4 Å². The molecule has 3 N–H and O–H groups in total. The van der Waals surface area contributed by atoms with Crippen LogP contribution in [0.15, 0.2) is 41.3 Å². The van der Waals surface area contributed by atoms with Crippen LogP contribution in [-0.2, 0) is 11.3 Å². The second kappa shape index (κ2) is 12.1. The Morgan fingerprint density at radius 1 is 1.02 bits per heavy atom. The van der Waals surface area contributed by atoms with Crippen LogP contribution in [0.3, 0.4) is 0 Å². The molecule has 2 aliphatic rings. The number of H-pyrrole nitrogens is 1. The van der Waals surface area contributed by atoms with Gasteiger partial charge in [0.05, 0.1) is 0 Å². The molecule has 0 spiro atoms. The SMILES string of the molecule is CCC1(C(=O)Nc2cc(-c3ccc(N4CCCN(C)CC4)nc3)cc(C(=O)NCc3c(C)cc(C)[nH]c3=O)c2C)CC1. The number of aromatic amines is 1. The monoisotopic (exact) mass is 570 g/mol. The van der Waals surface area contributed by atoms with E-state index in [1.165, 1.54) is 0 Å². The van der Waals surface area contributed by atoms with Crippen LogP contribution >= 0.6 is 0 Å². The molecule has 0 atom stereocenters. The maximum atomic E-state index is 13.6. The number of amides is 2. The zero-order valence-corrected chi connectivity index (χ0v) is 25.4. The van der Waals surface area contributed by atoms with E-state index in [2.05, 4.69) is 32.5 Å². The molecule has 9 nitrogen and oxygen atoms in total. The van der Waals surface area contributed by atoms with Crippen molar-refractivity contribution < 1.29 is 9.59 Å². The molecule has 1 saturated heterocycles. The van der Waals surface area contributed by atoms with Crippen molar-refractivity contribution in [2.75, 3.05) is 43.4 Å². The standard InChI is InChI=1S/C33H42N6O3/c1-6-33(10-11-33)32(42)37-28-18-25(24-8-9-29(34-19-24)39-13-7-12-38(5)14-15-39)17-26(23(28)4)30(40)35-20-27-21(2)16-22(3)36-31(27)41/h8-9,16-19H,6-7,10-15,20H2,1-5H3,(H,35,40)(H,36,41)(H,37,42). The quantitative estimate of drug-likeness (QED) is 0.366. The van der Waals surface area contributed by atoms with Crippen molar-refractivity contribution >= 4 is 23.3 Å². The van der Waals surface area contributed by atoms with Crippen LogP contribution < -0.4 is 21.1 Å². The van der Waals surface area contributed by atoms with E-state index >= 15 is 0 Å². The number of pyridine rings is 2. The van der Waals surface area contributed by atoms with Crippen molar-refractivity contribution in [2.45, 2.75) is 59.9 Å². The molecule has 1 aromatic carbocycles. The smallest absolute Gasteiger partial charge is 0.253 e. The lowest BCUT2D eigenvalue weighted by atomic mass is 9.96. The first-order chi connectivity index (χ1) is 20.1. The number of carbonyl (C=O) groups is 2. The van der Waals surface area contributed by atoms with Crippen molar-refractivity contribution in [2.24, 2.45) is 5.41 Å². The van der Waals surface area contributed by atoms with Crippen molar-refractivity contribution in [1.29, 1.82) is 0 Å². The highest BCUT2D eigenvalue weighted by Crippen LogP contribution is 2.49. The van der Waals surface area contributed by atoms with Gasteiger partial charge in [-0.05, 0) is 107 Å². The number of nitrogens with one attached hydrogen (secondary N) is 3. The van der Waals surface area contributed by atoms with E-state index in [-0.39, 0.29) is 29.3 Å². The average Bonchev–Trinajstić information content (AvgIpc) is 3.79. The van der Waals surface area contributed by atoms with Crippen molar-refractivity contribution in [3.8, 4) is 11.1 Å². The van der Waals surface area contributed by atoms with Crippen LogP contribution in [0.25, 0.3) is 11.1 Å². The second-order valence-electron chi connectivity index (χ2n) is 12.0. The van der Waals surface area contributed by atoms with Gasteiger partial charge in [-0.1, -0.05) is 6.92 Å². The molecule has 2 amide bonds. The maximum absolute atomic E-state index is 13.6. The van der Waals surface area contributed by atoms with E-state index in [1.54, 1.807) is 0 Å². The average molecular weight is 571 g/mol. The van der Waals surface area contributed by atoms with Gasteiger partial charge < -0.3 is 25.4 Å². The summed E-state index contributed by atoms with van der Waals surface area (Å²) in [5.74, 6) is 0.627. The predicted molar refractivity (Wildman–Crippen MR) is 167 cm³/mol. The Bertz CT molecular complexity index is 1540. The van der Waals surface area contributed by atoms with Gasteiger partial charge >= 0.3 is 0 Å². The lowest BCUT2D eigenvalue weighted by Crippen LogP contribution is -2.29. The second-order valence-corrected chi connectivity index (χ2v) is 12.0. The van der Waals surface area contributed by atoms with Gasteiger partial charge in [-0.25, -0.2) is 4.98 Å². The fraction of sp³-hybridized carbons (Fsp3) is 0.455. The third kappa shape index (κ3) is 6.26. The van der Waals surface area contributed by atoms with Crippen molar-refractivity contribution in [1.82, 2.24) is 20.2 Å². The number of aryl methyl sites for hydroxylation is 2. The van der Waals surface area contributed by atoms with Gasteiger partial charge in [0.2, 0.25) is 5.91 Å². The zero-order chi connectivity index (χ0) is 30.0. The van der Waals surface area contributed by atoms with Crippen molar-refractivity contribution in [3.05, 3.63) is 74.8 Å². The fourth-order valence-corrected chi connectivity index (χ4v) is 5.78. The molecular formula is C33H42N6O3. The van der Waals surface area contributed by atoms with Crippen molar-refractivity contribution in [3.63, 3.8) is 0 Å². The van der Waals surface area contributed by atoms with Gasteiger partial charge in [0.25, 0.3) is 11.5 Å². The Labute approximate surface area is 247 Å². The molecule has 1 aliphatic carbocycles. The Balaban J connectivity index is 1.45. The normalized spacial score (nSPS) is 16.5.